The van der Waals surface area contributed by atoms with E-state index in [1.54, 1.807) is 30.8 Å². The van der Waals surface area contributed by atoms with Crippen molar-refractivity contribution in [2.45, 2.75) is 94.9 Å². The van der Waals surface area contributed by atoms with Crippen LogP contribution in [0.5, 0.6) is 0 Å². The van der Waals surface area contributed by atoms with E-state index in [2.05, 4.69) is 25.1 Å². The van der Waals surface area contributed by atoms with Crippen LogP contribution in [0.1, 0.15) is 87.8 Å². The van der Waals surface area contributed by atoms with Crippen LogP contribution >= 0.6 is 0 Å². The Morgan fingerprint density at radius 1 is 1.00 bits per heavy atom. The number of rotatable bonds is 8. The molecular weight excluding hydrogens is 631 g/mol. The van der Waals surface area contributed by atoms with Crippen molar-refractivity contribution < 1.29 is 22.8 Å². The molecule has 262 valence electrons. The summed E-state index contributed by atoms with van der Waals surface area (Å²) in [6, 6.07) is 5.77. The topological polar surface area (TPSA) is 97.5 Å². The third-order valence-electron chi connectivity index (χ3n) is 13.2. The maximum Gasteiger partial charge on any atom is 0.417 e. The lowest BCUT2D eigenvalue weighted by Crippen LogP contribution is -2.70. The SMILES string of the molecule is CC(C)(C(=O)Nc1ccc(C#N)c(C(F)(F)F)c1)n1cc(C2CCN(C3CN(C4CN(C(=O)CC56CC7CC(CC5C7)C6)C4)C3)CC2)cn1. The zero-order valence-electron chi connectivity index (χ0n) is 28.4. The molecule has 7 fully saturated rings. The van der Waals surface area contributed by atoms with Gasteiger partial charge < -0.3 is 10.2 Å². The highest BCUT2D eigenvalue weighted by Gasteiger charge is 2.58. The second-order valence-electron chi connectivity index (χ2n) is 16.6. The van der Waals surface area contributed by atoms with Gasteiger partial charge in [0.1, 0.15) is 5.54 Å². The second kappa shape index (κ2) is 11.8. The van der Waals surface area contributed by atoms with Crippen molar-refractivity contribution in [1.29, 1.82) is 5.26 Å². The van der Waals surface area contributed by atoms with E-state index in [9.17, 15) is 22.8 Å². The number of halogens is 3. The Hall–Kier alpha value is -3.43. The summed E-state index contributed by atoms with van der Waals surface area (Å²) >= 11 is 0. The number of carbonyl (C=O) groups is 2. The number of carbonyl (C=O) groups excluding carboxylic acids is 2. The minimum absolute atomic E-state index is 0.0287. The Kier molecular flexibility index (Phi) is 7.91. The molecule has 1 aromatic carbocycles. The van der Waals surface area contributed by atoms with Gasteiger partial charge >= 0.3 is 6.18 Å². The maximum absolute atomic E-state index is 13.4. The molecule has 49 heavy (non-hydrogen) atoms. The average molecular weight is 678 g/mol. The van der Waals surface area contributed by atoms with Gasteiger partial charge in [-0.15, -0.1) is 0 Å². The highest BCUT2D eigenvalue weighted by atomic mass is 19.4. The van der Waals surface area contributed by atoms with E-state index < -0.39 is 28.7 Å². The van der Waals surface area contributed by atoms with Crippen LogP contribution in [-0.4, -0.2) is 87.6 Å². The van der Waals surface area contributed by atoms with Crippen LogP contribution in [0.15, 0.2) is 30.6 Å². The van der Waals surface area contributed by atoms with Gasteiger partial charge in [-0.3, -0.25) is 24.1 Å². The fourth-order valence-corrected chi connectivity index (χ4v) is 10.4. The molecule has 0 spiro atoms. The van der Waals surface area contributed by atoms with Gasteiger partial charge in [0.2, 0.25) is 5.91 Å². The largest absolute Gasteiger partial charge is 0.417 e. The van der Waals surface area contributed by atoms with Crippen molar-refractivity contribution in [3.63, 3.8) is 0 Å². The standard InChI is InChI=1S/C37H46F3N7O2/c1-35(2,34(49)43-29-4-3-26(16-41)32(12-29)37(38,39)40)47-18-27(17-42-47)25-5-7-44(8-6-25)30-19-45(20-30)31-21-46(22-31)33(48)15-36-13-23-9-24(14-36)11-28(36)10-23/h3-4,12,17-18,23-25,28,30-31H,5-11,13-15,19-22H2,1-2H3,(H,43,49). The zero-order chi connectivity index (χ0) is 34.3. The third-order valence-corrected chi connectivity index (χ3v) is 13.2. The Morgan fingerprint density at radius 2 is 1.67 bits per heavy atom. The molecule has 0 radical (unpaired) electrons. The lowest BCUT2D eigenvalue weighted by Gasteiger charge is -2.55. The molecule has 4 aliphatic carbocycles. The highest BCUT2D eigenvalue weighted by molar-refractivity contribution is 5.96. The predicted octanol–water partition coefficient (Wildman–Crippen LogP) is 5.44. The molecule has 2 amide bonds. The fraction of sp³-hybridized carbons (Fsp3) is 0.676. The Labute approximate surface area is 285 Å². The van der Waals surface area contributed by atoms with Gasteiger partial charge in [0.25, 0.3) is 5.91 Å². The summed E-state index contributed by atoms with van der Waals surface area (Å²) in [6.07, 6.45) is 8.54. The Balaban J connectivity index is 0.785. The van der Waals surface area contributed by atoms with Gasteiger partial charge in [-0.2, -0.15) is 23.5 Å². The number of alkyl halides is 3. The molecule has 3 aliphatic heterocycles. The van der Waals surface area contributed by atoms with Crippen molar-refractivity contribution in [2.24, 2.45) is 23.2 Å². The third kappa shape index (κ3) is 5.84. The van der Waals surface area contributed by atoms with E-state index in [0.29, 0.717) is 29.3 Å². The van der Waals surface area contributed by atoms with Crippen LogP contribution in [0.2, 0.25) is 0 Å². The number of piperidine rings is 1. The number of anilines is 1. The molecule has 3 saturated heterocycles. The molecule has 9 nitrogen and oxygen atoms in total. The number of nitriles is 1. The second-order valence-corrected chi connectivity index (χ2v) is 16.6. The summed E-state index contributed by atoms with van der Waals surface area (Å²) in [5.41, 5.74) is -1.36. The summed E-state index contributed by atoms with van der Waals surface area (Å²) in [6.45, 7) is 9.27. The molecule has 1 aromatic heterocycles. The quantitative estimate of drug-likeness (QED) is 0.400. The van der Waals surface area contributed by atoms with E-state index in [1.807, 2.05) is 6.20 Å². The van der Waals surface area contributed by atoms with E-state index in [0.717, 1.165) is 94.0 Å². The first-order valence-electron chi connectivity index (χ1n) is 18.0. The molecule has 4 heterocycles. The first-order chi connectivity index (χ1) is 23.3. The molecule has 1 N–H and O–H groups in total. The first-order valence-corrected chi connectivity index (χ1v) is 18.0. The van der Waals surface area contributed by atoms with Crippen LogP contribution in [0.25, 0.3) is 0 Å². The molecule has 4 bridgehead atoms. The number of amides is 2. The normalized spacial score (nSPS) is 29.6. The van der Waals surface area contributed by atoms with Gasteiger partial charge in [-0.1, -0.05) is 0 Å². The number of hydrogen-bond acceptors (Lipinski definition) is 6. The molecule has 4 saturated carbocycles. The molecular formula is C37H46F3N7O2. The molecule has 2 aromatic rings. The van der Waals surface area contributed by atoms with Crippen molar-refractivity contribution in [2.75, 3.05) is 44.6 Å². The monoisotopic (exact) mass is 677 g/mol. The highest BCUT2D eigenvalue weighted by Crippen LogP contribution is 2.66. The zero-order valence-corrected chi connectivity index (χ0v) is 28.4. The van der Waals surface area contributed by atoms with Gasteiger partial charge in [0.05, 0.1) is 23.4 Å². The summed E-state index contributed by atoms with van der Waals surface area (Å²) in [7, 11) is 0. The molecule has 2 atom stereocenters. The summed E-state index contributed by atoms with van der Waals surface area (Å²) in [5.74, 6) is 2.83. The van der Waals surface area contributed by atoms with Gasteiger partial charge in [-0.25, -0.2) is 0 Å². The van der Waals surface area contributed by atoms with Crippen molar-refractivity contribution in [3.8, 4) is 6.07 Å². The lowest BCUT2D eigenvalue weighted by molar-refractivity contribution is -0.145. The molecule has 12 heteroatoms. The Bertz CT molecular complexity index is 1650. The number of likely N-dealkylation sites (tertiary alicyclic amines) is 3. The molecule has 2 unspecified atom stereocenters. The van der Waals surface area contributed by atoms with Crippen LogP contribution in [0.4, 0.5) is 18.9 Å². The number of aromatic nitrogens is 2. The fourth-order valence-electron chi connectivity index (χ4n) is 10.4. The number of nitrogens with one attached hydrogen (secondary N) is 1. The van der Waals surface area contributed by atoms with Crippen molar-refractivity contribution in [1.82, 2.24) is 24.5 Å². The van der Waals surface area contributed by atoms with Crippen LogP contribution in [0.3, 0.4) is 0 Å². The van der Waals surface area contributed by atoms with Gasteiger partial charge in [0.15, 0.2) is 0 Å². The predicted molar refractivity (Wildman–Crippen MR) is 176 cm³/mol. The minimum Gasteiger partial charge on any atom is -0.339 e. The van der Waals surface area contributed by atoms with Gasteiger partial charge in [-0.05, 0) is 125 Å². The Morgan fingerprint density at radius 3 is 2.33 bits per heavy atom. The van der Waals surface area contributed by atoms with Crippen molar-refractivity contribution in [3.05, 3.63) is 47.3 Å². The van der Waals surface area contributed by atoms with Crippen LogP contribution in [0, 0.1) is 34.5 Å². The summed E-state index contributed by atoms with van der Waals surface area (Å²) < 4.78 is 41.9. The van der Waals surface area contributed by atoms with E-state index in [1.165, 1.54) is 38.2 Å². The number of benzene rings is 1. The molecule has 7 aliphatic rings. The summed E-state index contributed by atoms with van der Waals surface area (Å²) in [5, 5.41) is 16.1. The lowest BCUT2D eigenvalue weighted by atomic mass is 9.73. The van der Waals surface area contributed by atoms with E-state index in [-0.39, 0.29) is 5.69 Å². The minimum atomic E-state index is -4.71. The van der Waals surface area contributed by atoms with E-state index >= 15 is 0 Å². The molecule has 9 rings (SSSR count). The van der Waals surface area contributed by atoms with Crippen molar-refractivity contribution >= 4 is 17.5 Å². The number of nitrogens with zero attached hydrogens (tertiary/aromatic N) is 6. The number of hydrogen-bond donors (Lipinski definition) is 1. The van der Waals surface area contributed by atoms with Crippen LogP contribution in [-0.2, 0) is 21.3 Å². The van der Waals surface area contributed by atoms with Crippen LogP contribution < -0.4 is 5.32 Å². The smallest absolute Gasteiger partial charge is 0.339 e. The van der Waals surface area contributed by atoms with Gasteiger partial charge in [0, 0.05) is 56.6 Å². The van der Waals surface area contributed by atoms with E-state index in [4.69, 9.17) is 5.26 Å². The first kappa shape index (κ1) is 32.8. The summed E-state index contributed by atoms with van der Waals surface area (Å²) in [4.78, 5) is 33.7. The maximum atomic E-state index is 13.4. The average Bonchev–Trinajstić information content (AvgIpc) is 3.67.